The highest BCUT2D eigenvalue weighted by Gasteiger charge is 2.16. The van der Waals surface area contributed by atoms with Crippen LogP contribution < -0.4 is 10.2 Å². The third-order valence-electron chi connectivity index (χ3n) is 3.35. The number of nitrogens with zero attached hydrogens (tertiary/aromatic N) is 2. The molecule has 0 amide bonds. The average Bonchev–Trinajstić information content (AvgIpc) is 2.68. The summed E-state index contributed by atoms with van der Waals surface area (Å²) in [4.78, 5) is 6.65. The zero-order valence-corrected chi connectivity index (χ0v) is 10.5. The van der Waals surface area contributed by atoms with Crippen molar-refractivity contribution in [3.63, 3.8) is 0 Å². The third-order valence-corrected chi connectivity index (χ3v) is 3.35. The lowest BCUT2D eigenvalue weighted by Crippen LogP contribution is -2.23. The first-order valence-corrected chi connectivity index (χ1v) is 6.31. The standard InChI is InChI=1S/C14H17N3O/c1-11-13(16-10-18-11)9-17-8-4-7-15-12-5-2-3-6-14(12)17/h2-3,5-6,10,15H,4,7-9H2,1H3. The van der Waals surface area contributed by atoms with E-state index in [1.54, 1.807) is 0 Å². The van der Waals surface area contributed by atoms with Crippen molar-refractivity contribution in [1.29, 1.82) is 0 Å². The van der Waals surface area contributed by atoms with Gasteiger partial charge in [0.05, 0.1) is 17.9 Å². The van der Waals surface area contributed by atoms with Crippen LogP contribution in [0.15, 0.2) is 35.1 Å². The Balaban J connectivity index is 1.90. The molecule has 1 N–H and O–H groups in total. The molecule has 2 aromatic rings. The minimum Gasteiger partial charge on any atom is -0.448 e. The zero-order valence-electron chi connectivity index (χ0n) is 10.5. The quantitative estimate of drug-likeness (QED) is 0.880. The van der Waals surface area contributed by atoms with E-state index in [9.17, 15) is 0 Å². The van der Waals surface area contributed by atoms with Crippen LogP contribution >= 0.6 is 0 Å². The molecule has 94 valence electrons. The number of hydrogen-bond donors (Lipinski definition) is 1. The van der Waals surface area contributed by atoms with Gasteiger partial charge in [0.1, 0.15) is 11.5 Å². The second kappa shape index (κ2) is 4.72. The number of hydrogen-bond acceptors (Lipinski definition) is 4. The molecule has 0 atom stereocenters. The molecule has 4 heteroatoms. The molecule has 0 bridgehead atoms. The summed E-state index contributed by atoms with van der Waals surface area (Å²) in [5.74, 6) is 0.907. The fraction of sp³-hybridized carbons (Fsp3) is 0.357. The Morgan fingerprint density at radius 1 is 1.39 bits per heavy atom. The zero-order chi connectivity index (χ0) is 12.4. The van der Waals surface area contributed by atoms with Crippen molar-refractivity contribution in [2.45, 2.75) is 19.9 Å². The summed E-state index contributed by atoms with van der Waals surface area (Å²) in [5.41, 5.74) is 3.47. The lowest BCUT2D eigenvalue weighted by Gasteiger charge is -2.23. The normalized spacial score (nSPS) is 14.8. The summed E-state index contributed by atoms with van der Waals surface area (Å²) in [7, 11) is 0. The largest absolute Gasteiger partial charge is 0.448 e. The van der Waals surface area contributed by atoms with Gasteiger partial charge < -0.3 is 14.6 Å². The Morgan fingerprint density at radius 3 is 3.11 bits per heavy atom. The lowest BCUT2D eigenvalue weighted by atomic mass is 10.2. The van der Waals surface area contributed by atoms with Crippen molar-refractivity contribution in [2.24, 2.45) is 0 Å². The predicted molar refractivity (Wildman–Crippen MR) is 71.8 cm³/mol. The van der Waals surface area contributed by atoms with Gasteiger partial charge in [0, 0.05) is 13.1 Å². The van der Waals surface area contributed by atoms with Crippen LogP contribution in [0.2, 0.25) is 0 Å². The summed E-state index contributed by atoms with van der Waals surface area (Å²) < 4.78 is 5.27. The van der Waals surface area contributed by atoms with Crippen LogP contribution in [0.5, 0.6) is 0 Å². The highest BCUT2D eigenvalue weighted by atomic mass is 16.3. The van der Waals surface area contributed by atoms with Gasteiger partial charge in [-0.1, -0.05) is 12.1 Å². The van der Waals surface area contributed by atoms with Gasteiger partial charge in [0.25, 0.3) is 0 Å². The van der Waals surface area contributed by atoms with E-state index >= 15 is 0 Å². The van der Waals surface area contributed by atoms with Crippen LogP contribution in [-0.2, 0) is 6.54 Å². The second-order valence-electron chi connectivity index (χ2n) is 4.57. The Hall–Kier alpha value is -1.97. The molecule has 0 unspecified atom stereocenters. The molecule has 0 saturated heterocycles. The van der Waals surface area contributed by atoms with Crippen molar-refractivity contribution < 1.29 is 4.42 Å². The topological polar surface area (TPSA) is 41.3 Å². The van der Waals surface area contributed by atoms with E-state index in [1.165, 1.54) is 17.8 Å². The molecular formula is C14H17N3O. The fourth-order valence-corrected chi connectivity index (χ4v) is 2.34. The SMILES string of the molecule is Cc1ocnc1CN1CCCNc2ccccc21. The Morgan fingerprint density at radius 2 is 2.28 bits per heavy atom. The molecule has 1 aromatic heterocycles. The van der Waals surface area contributed by atoms with E-state index in [4.69, 9.17) is 4.42 Å². The van der Waals surface area contributed by atoms with E-state index in [-0.39, 0.29) is 0 Å². The maximum absolute atomic E-state index is 5.27. The highest BCUT2D eigenvalue weighted by Crippen LogP contribution is 2.29. The van der Waals surface area contributed by atoms with E-state index in [2.05, 4.69) is 39.5 Å². The van der Waals surface area contributed by atoms with Crippen LogP contribution in [-0.4, -0.2) is 18.1 Å². The molecule has 1 aliphatic heterocycles. The summed E-state index contributed by atoms with van der Waals surface area (Å²) >= 11 is 0. The third kappa shape index (κ3) is 2.06. The van der Waals surface area contributed by atoms with Crippen LogP contribution in [0.1, 0.15) is 17.9 Å². The summed E-state index contributed by atoms with van der Waals surface area (Å²) in [6, 6.07) is 8.43. The number of aromatic nitrogens is 1. The molecule has 0 spiro atoms. The molecular weight excluding hydrogens is 226 g/mol. The summed E-state index contributed by atoms with van der Waals surface area (Å²) in [5, 5.41) is 3.46. The average molecular weight is 243 g/mol. The highest BCUT2D eigenvalue weighted by molar-refractivity contribution is 5.70. The van der Waals surface area contributed by atoms with Gasteiger partial charge in [-0.25, -0.2) is 4.98 Å². The molecule has 0 saturated carbocycles. The lowest BCUT2D eigenvalue weighted by molar-refractivity contribution is 0.523. The van der Waals surface area contributed by atoms with Gasteiger partial charge in [-0.05, 0) is 25.5 Å². The molecule has 0 fully saturated rings. The molecule has 3 rings (SSSR count). The maximum Gasteiger partial charge on any atom is 0.181 e. The van der Waals surface area contributed by atoms with Crippen LogP contribution in [0.25, 0.3) is 0 Å². The van der Waals surface area contributed by atoms with Crippen molar-refractivity contribution in [3.05, 3.63) is 42.1 Å². The predicted octanol–water partition coefficient (Wildman–Crippen LogP) is 2.81. The number of nitrogens with one attached hydrogen (secondary N) is 1. The first kappa shape index (κ1) is 11.1. The van der Waals surface area contributed by atoms with Crippen LogP contribution in [0.4, 0.5) is 11.4 Å². The number of oxazole rings is 1. The fourth-order valence-electron chi connectivity index (χ4n) is 2.34. The Labute approximate surface area is 107 Å². The minimum absolute atomic E-state index is 0.807. The summed E-state index contributed by atoms with van der Waals surface area (Å²) in [6.45, 7) is 4.83. The van der Waals surface area contributed by atoms with Crippen molar-refractivity contribution in [3.8, 4) is 0 Å². The number of aryl methyl sites for hydroxylation is 1. The Kier molecular flexibility index (Phi) is 2.92. The van der Waals surface area contributed by atoms with Gasteiger partial charge in [-0.15, -0.1) is 0 Å². The molecule has 4 nitrogen and oxygen atoms in total. The van der Waals surface area contributed by atoms with Crippen LogP contribution in [0.3, 0.4) is 0 Å². The number of para-hydroxylation sites is 2. The van der Waals surface area contributed by atoms with Crippen LogP contribution in [0, 0.1) is 6.92 Å². The number of rotatable bonds is 2. The molecule has 18 heavy (non-hydrogen) atoms. The van der Waals surface area contributed by atoms with Crippen molar-refractivity contribution in [2.75, 3.05) is 23.3 Å². The Bertz CT molecular complexity index is 535. The smallest absolute Gasteiger partial charge is 0.181 e. The molecule has 1 aliphatic rings. The second-order valence-corrected chi connectivity index (χ2v) is 4.57. The summed E-state index contributed by atoms with van der Waals surface area (Å²) in [6.07, 6.45) is 2.65. The van der Waals surface area contributed by atoms with Gasteiger partial charge in [-0.3, -0.25) is 0 Å². The van der Waals surface area contributed by atoms with E-state index in [1.807, 2.05) is 6.92 Å². The monoisotopic (exact) mass is 243 g/mol. The van der Waals surface area contributed by atoms with E-state index in [0.717, 1.165) is 37.5 Å². The minimum atomic E-state index is 0.807. The molecule has 0 radical (unpaired) electrons. The first-order valence-electron chi connectivity index (χ1n) is 6.31. The molecule has 0 aliphatic carbocycles. The first-order chi connectivity index (χ1) is 8.84. The number of anilines is 2. The maximum atomic E-state index is 5.27. The van der Waals surface area contributed by atoms with E-state index < -0.39 is 0 Å². The number of fused-ring (bicyclic) bond motifs is 1. The van der Waals surface area contributed by atoms with E-state index in [0.29, 0.717) is 0 Å². The van der Waals surface area contributed by atoms with Crippen molar-refractivity contribution in [1.82, 2.24) is 4.98 Å². The van der Waals surface area contributed by atoms with Gasteiger partial charge in [0.15, 0.2) is 6.39 Å². The van der Waals surface area contributed by atoms with Gasteiger partial charge >= 0.3 is 0 Å². The number of benzene rings is 1. The van der Waals surface area contributed by atoms with Gasteiger partial charge in [-0.2, -0.15) is 0 Å². The van der Waals surface area contributed by atoms with Crippen molar-refractivity contribution >= 4 is 11.4 Å². The van der Waals surface area contributed by atoms with Gasteiger partial charge in [0.2, 0.25) is 0 Å². The molecule has 1 aromatic carbocycles. The molecule has 2 heterocycles.